The lowest BCUT2D eigenvalue weighted by Gasteiger charge is -2.29. The molecule has 0 saturated carbocycles. The fourth-order valence-electron chi connectivity index (χ4n) is 4.68. The summed E-state index contributed by atoms with van der Waals surface area (Å²) in [7, 11) is 0. The second-order valence-corrected chi connectivity index (χ2v) is 8.99. The summed E-state index contributed by atoms with van der Waals surface area (Å²) in [6.07, 6.45) is 5.00. The van der Waals surface area contributed by atoms with Gasteiger partial charge in [-0.15, -0.1) is 0 Å². The molecule has 1 N–H and O–H groups in total. The van der Waals surface area contributed by atoms with Crippen molar-refractivity contribution in [3.63, 3.8) is 0 Å². The normalized spacial score (nSPS) is 14.0. The minimum absolute atomic E-state index is 0.263. The van der Waals surface area contributed by atoms with Crippen LogP contribution >= 0.6 is 0 Å². The number of amides is 1. The summed E-state index contributed by atoms with van der Waals surface area (Å²) in [4.78, 5) is 22.5. The zero-order valence-corrected chi connectivity index (χ0v) is 19.6. The molecule has 0 spiro atoms. The Morgan fingerprint density at radius 2 is 1.94 bits per heavy atom. The number of likely N-dealkylation sites (tertiary alicyclic amines) is 1. The number of nitriles is 1. The molecular formula is C28H26N6O. The van der Waals surface area contributed by atoms with Gasteiger partial charge in [0.1, 0.15) is 11.5 Å². The van der Waals surface area contributed by atoms with Crippen LogP contribution in [-0.2, 0) is 11.2 Å². The second kappa shape index (κ2) is 9.90. The summed E-state index contributed by atoms with van der Waals surface area (Å²) >= 11 is 0. The smallest absolute Gasteiger partial charge is 0.209 e. The Hall–Kier alpha value is -4.31. The molecule has 7 nitrogen and oxygen atoms in total. The van der Waals surface area contributed by atoms with Crippen molar-refractivity contribution in [1.29, 1.82) is 5.26 Å². The summed E-state index contributed by atoms with van der Waals surface area (Å²) in [6, 6.07) is 20.0. The fraction of sp³-hybridized carbons (Fsp3) is 0.250. The van der Waals surface area contributed by atoms with Gasteiger partial charge < -0.3 is 4.90 Å². The first-order chi connectivity index (χ1) is 17.1. The van der Waals surface area contributed by atoms with Gasteiger partial charge in [-0.1, -0.05) is 42.0 Å². The molecule has 1 aliphatic heterocycles. The SMILES string of the molecule is Cc1ccc(-c2n[nH]c(C3CCN(C=O)CC3)c2-c2ccnc(Cc3cccc(C#N)c3)n2)cc1. The van der Waals surface area contributed by atoms with Crippen LogP contribution in [0.15, 0.2) is 60.8 Å². The molecule has 7 heteroatoms. The molecular weight excluding hydrogens is 436 g/mol. The predicted octanol–water partition coefficient (Wildman–Crippen LogP) is 4.64. The first-order valence-electron chi connectivity index (χ1n) is 11.8. The number of nitrogens with zero attached hydrogens (tertiary/aromatic N) is 5. The number of hydrogen-bond acceptors (Lipinski definition) is 5. The first-order valence-corrected chi connectivity index (χ1v) is 11.8. The lowest BCUT2D eigenvalue weighted by atomic mass is 9.89. The Kier molecular flexibility index (Phi) is 6.36. The van der Waals surface area contributed by atoms with Crippen LogP contribution in [-0.4, -0.2) is 44.6 Å². The maximum absolute atomic E-state index is 11.2. The van der Waals surface area contributed by atoms with Crippen molar-refractivity contribution in [3.05, 3.63) is 89.0 Å². The van der Waals surface area contributed by atoms with Crippen molar-refractivity contribution >= 4 is 6.41 Å². The third kappa shape index (κ3) is 4.82. The maximum atomic E-state index is 11.2. The molecule has 35 heavy (non-hydrogen) atoms. The number of H-pyrrole nitrogens is 1. The standard InChI is InChI=1S/C28H26N6O/c1-19-5-7-22(8-6-19)27-26(28(33-32-27)23-10-13-34(18-35)14-11-23)24-9-12-30-25(31-24)16-20-3-2-4-21(15-20)17-29/h2-9,12,15,18,23H,10-11,13-14,16H2,1H3,(H,32,33). The molecule has 5 rings (SSSR count). The maximum Gasteiger partial charge on any atom is 0.209 e. The number of aromatic nitrogens is 4. The Morgan fingerprint density at radius 3 is 2.69 bits per heavy atom. The summed E-state index contributed by atoms with van der Waals surface area (Å²) in [6.45, 7) is 3.53. The van der Waals surface area contributed by atoms with Crippen molar-refractivity contribution in [1.82, 2.24) is 25.1 Å². The number of rotatable bonds is 6. The Balaban J connectivity index is 1.55. The molecule has 1 saturated heterocycles. The molecule has 1 aliphatic rings. The molecule has 0 atom stereocenters. The quantitative estimate of drug-likeness (QED) is 0.421. The van der Waals surface area contributed by atoms with E-state index in [1.165, 1.54) is 5.56 Å². The van der Waals surface area contributed by atoms with E-state index in [0.29, 0.717) is 17.8 Å². The summed E-state index contributed by atoms with van der Waals surface area (Å²) < 4.78 is 0. The van der Waals surface area contributed by atoms with Crippen LogP contribution in [0.1, 0.15) is 47.0 Å². The molecule has 1 fully saturated rings. The first kappa shape index (κ1) is 22.5. The predicted molar refractivity (Wildman–Crippen MR) is 133 cm³/mol. The van der Waals surface area contributed by atoms with Crippen LogP contribution in [0.3, 0.4) is 0 Å². The molecule has 0 unspecified atom stereocenters. The number of carbonyl (C=O) groups is 1. The Morgan fingerprint density at radius 1 is 1.14 bits per heavy atom. The number of aryl methyl sites for hydroxylation is 1. The van der Waals surface area contributed by atoms with E-state index in [1.807, 2.05) is 29.2 Å². The monoisotopic (exact) mass is 462 g/mol. The van der Waals surface area contributed by atoms with Crippen LogP contribution in [0, 0.1) is 18.3 Å². The second-order valence-electron chi connectivity index (χ2n) is 8.99. The van der Waals surface area contributed by atoms with Crippen molar-refractivity contribution in [2.24, 2.45) is 0 Å². The van der Waals surface area contributed by atoms with Gasteiger partial charge in [0, 0.05) is 48.4 Å². The Bertz CT molecular complexity index is 1380. The fourth-order valence-corrected chi connectivity index (χ4v) is 4.68. The van der Waals surface area contributed by atoms with Gasteiger partial charge in [-0.2, -0.15) is 10.4 Å². The highest BCUT2D eigenvalue weighted by molar-refractivity contribution is 5.81. The van der Waals surface area contributed by atoms with Crippen LogP contribution in [0.2, 0.25) is 0 Å². The minimum Gasteiger partial charge on any atom is -0.345 e. The lowest BCUT2D eigenvalue weighted by molar-refractivity contribution is -0.119. The van der Waals surface area contributed by atoms with Crippen molar-refractivity contribution < 1.29 is 4.79 Å². The van der Waals surface area contributed by atoms with E-state index in [9.17, 15) is 10.1 Å². The highest BCUT2D eigenvalue weighted by Crippen LogP contribution is 2.39. The molecule has 4 aromatic rings. The van der Waals surface area contributed by atoms with E-state index in [4.69, 9.17) is 10.1 Å². The highest BCUT2D eigenvalue weighted by atomic mass is 16.1. The third-order valence-electron chi connectivity index (χ3n) is 6.59. The number of piperidine rings is 1. The van der Waals surface area contributed by atoms with E-state index in [-0.39, 0.29) is 5.92 Å². The van der Waals surface area contributed by atoms with Gasteiger partial charge >= 0.3 is 0 Å². The average molecular weight is 463 g/mol. The molecule has 3 heterocycles. The number of aromatic amines is 1. The van der Waals surface area contributed by atoms with Crippen molar-refractivity contribution in [3.8, 4) is 28.6 Å². The molecule has 0 bridgehead atoms. The molecule has 0 aliphatic carbocycles. The summed E-state index contributed by atoms with van der Waals surface area (Å²) in [5.74, 6) is 0.953. The molecule has 1 amide bonds. The largest absolute Gasteiger partial charge is 0.345 e. The van der Waals surface area contributed by atoms with E-state index in [2.05, 4.69) is 47.3 Å². The van der Waals surface area contributed by atoms with E-state index >= 15 is 0 Å². The van der Waals surface area contributed by atoms with Crippen molar-refractivity contribution in [2.45, 2.75) is 32.1 Å². The van der Waals surface area contributed by atoms with Crippen LogP contribution in [0.25, 0.3) is 22.5 Å². The Labute approximate surface area is 204 Å². The molecule has 0 radical (unpaired) electrons. The van der Waals surface area contributed by atoms with E-state index in [0.717, 1.165) is 66.1 Å². The van der Waals surface area contributed by atoms with Gasteiger partial charge in [-0.25, -0.2) is 9.97 Å². The van der Waals surface area contributed by atoms with Gasteiger partial charge in [-0.3, -0.25) is 9.89 Å². The number of nitrogens with one attached hydrogen (secondary N) is 1. The number of carbonyl (C=O) groups excluding carboxylic acids is 1. The molecule has 2 aromatic heterocycles. The topological polar surface area (TPSA) is 98.6 Å². The van der Waals surface area contributed by atoms with Gasteiger partial charge in [0.25, 0.3) is 0 Å². The molecule has 2 aromatic carbocycles. The number of hydrogen-bond donors (Lipinski definition) is 1. The summed E-state index contributed by atoms with van der Waals surface area (Å²) in [5, 5.41) is 17.3. The average Bonchev–Trinajstić information content (AvgIpc) is 3.35. The van der Waals surface area contributed by atoms with Gasteiger partial charge in [0.05, 0.1) is 17.3 Å². The zero-order chi connectivity index (χ0) is 24.2. The van der Waals surface area contributed by atoms with Crippen molar-refractivity contribution in [2.75, 3.05) is 13.1 Å². The lowest BCUT2D eigenvalue weighted by Crippen LogP contribution is -2.31. The number of benzene rings is 2. The summed E-state index contributed by atoms with van der Waals surface area (Å²) in [5.41, 5.74) is 7.58. The van der Waals surface area contributed by atoms with Gasteiger partial charge in [-0.05, 0) is 43.5 Å². The van der Waals surface area contributed by atoms with E-state index in [1.54, 1.807) is 12.3 Å². The van der Waals surface area contributed by atoms with Gasteiger partial charge in [0.15, 0.2) is 0 Å². The van der Waals surface area contributed by atoms with Crippen LogP contribution < -0.4 is 0 Å². The van der Waals surface area contributed by atoms with Crippen LogP contribution in [0.4, 0.5) is 0 Å². The minimum atomic E-state index is 0.263. The highest BCUT2D eigenvalue weighted by Gasteiger charge is 2.27. The zero-order valence-electron chi connectivity index (χ0n) is 19.6. The van der Waals surface area contributed by atoms with E-state index < -0.39 is 0 Å². The third-order valence-corrected chi connectivity index (χ3v) is 6.59. The van der Waals surface area contributed by atoms with Crippen LogP contribution in [0.5, 0.6) is 0 Å². The molecule has 174 valence electrons. The van der Waals surface area contributed by atoms with Gasteiger partial charge in [0.2, 0.25) is 6.41 Å².